The average Bonchev–Trinajstić information content (AvgIpc) is 2.54. The molecule has 2 heterocycles. The maximum absolute atomic E-state index is 12.8. The van der Waals surface area contributed by atoms with Gasteiger partial charge in [0.2, 0.25) is 10.0 Å². The second-order valence-corrected chi connectivity index (χ2v) is 7.00. The largest absolute Gasteiger partial charge is 0.486 e. The lowest BCUT2D eigenvalue weighted by molar-refractivity contribution is 0.0404. The third kappa shape index (κ3) is 2.83. The summed E-state index contributed by atoms with van der Waals surface area (Å²) in [6.07, 6.45) is 0. The van der Waals surface area contributed by atoms with Crippen LogP contribution in [0.15, 0.2) is 23.1 Å². The molecular formula is C13H16ClNO5S. The Kier molecular flexibility index (Phi) is 4.26. The van der Waals surface area contributed by atoms with Gasteiger partial charge in [-0.2, -0.15) is 4.31 Å². The lowest BCUT2D eigenvalue weighted by Gasteiger charge is -2.33. The number of fused-ring (bicyclic) bond motifs is 1. The number of alkyl halides is 1. The second-order valence-electron chi connectivity index (χ2n) is 4.80. The Hall–Kier alpha value is -1.02. The standard InChI is InChI=1S/C13H16ClNO5S/c14-8-10-9-18-4-3-15(10)21(16,17)11-1-2-12-13(7-11)20-6-5-19-12/h1-2,7,10H,3-6,8-9H2. The molecule has 2 aliphatic heterocycles. The number of sulfonamides is 1. The van der Waals surface area contributed by atoms with Crippen molar-refractivity contribution < 1.29 is 22.6 Å². The minimum absolute atomic E-state index is 0.184. The molecule has 21 heavy (non-hydrogen) atoms. The van der Waals surface area contributed by atoms with Crippen LogP contribution in [0.5, 0.6) is 11.5 Å². The molecular weight excluding hydrogens is 318 g/mol. The van der Waals surface area contributed by atoms with Crippen LogP contribution in [-0.4, -0.2) is 57.6 Å². The van der Waals surface area contributed by atoms with Crippen LogP contribution >= 0.6 is 11.6 Å². The number of hydrogen-bond donors (Lipinski definition) is 0. The first-order valence-corrected chi connectivity index (χ1v) is 8.65. The van der Waals surface area contributed by atoms with Crippen molar-refractivity contribution in [2.75, 3.05) is 38.9 Å². The summed E-state index contributed by atoms with van der Waals surface area (Å²) in [4.78, 5) is 0.184. The van der Waals surface area contributed by atoms with Gasteiger partial charge in [-0.1, -0.05) is 0 Å². The van der Waals surface area contributed by atoms with Gasteiger partial charge in [-0.15, -0.1) is 11.6 Å². The third-order valence-corrected chi connectivity index (χ3v) is 5.78. The molecule has 1 unspecified atom stereocenters. The smallest absolute Gasteiger partial charge is 0.243 e. The number of ether oxygens (including phenoxy) is 3. The van der Waals surface area contributed by atoms with Gasteiger partial charge >= 0.3 is 0 Å². The van der Waals surface area contributed by atoms with Gasteiger partial charge in [-0.25, -0.2) is 8.42 Å². The van der Waals surface area contributed by atoms with Gasteiger partial charge in [0.05, 0.1) is 24.2 Å². The van der Waals surface area contributed by atoms with Gasteiger partial charge in [-0.3, -0.25) is 0 Å². The topological polar surface area (TPSA) is 65.1 Å². The molecule has 1 fully saturated rings. The molecule has 1 atom stereocenters. The molecule has 116 valence electrons. The molecule has 0 bridgehead atoms. The number of rotatable bonds is 3. The van der Waals surface area contributed by atoms with Crippen LogP contribution in [0.25, 0.3) is 0 Å². The predicted octanol–water partition coefficient (Wildman–Crippen LogP) is 1.09. The summed E-state index contributed by atoms with van der Waals surface area (Å²) in [6.45, 7) is 1.87. The molecule has 1 aromatic carbocycles. The first-order valence-electron chi connectivity index (χ1n) is 6.68. The summed E-state index contributed by atoms with van der Waals surface area (Å²) in [5, 5.41) is 0. The maximum atomic E-state index is 12.8. The molecule has 6 nitrogen and oxygen atoms in total. The van der Waals surface area contributed by atoms with E-state index in [0.717, 1.165) is 0 Å². The highest BCUT2D eigenvalue weighted by molar-refractivity contribution is 7.89. The van der Waals surface area contributed by atoms with E-state index in [1.54, 1.807) is 6.07 Å². The number of hydrogen-bond acceptors (Lipinski definition) is 5. The van der Waals surface area contributed by atoms with Crippen LogP contribution in [-0.2, 0) is 14.8 Å². The Balaban J connectivity index is 1.94. The van der Waals surface area contributed by atoms with E-state index in [4.69, 9.17) is 25.8 Å². The molecule has 0 amide bonds. The lowest BCUT2D eigenvalue weighted by atomic mass is 10.3. The van der Waals surface area contributed by atoms with Crippen LogP contribution in [0.4, 0.5) is 0 Å². The molecule has 1 saturated heterocycles. The van der Waals surface area contributed by atoms with Crippen molar-refractivity contribution in [1.82, 2.24) is 4.31 Å². The van der Waals surface area contributed by atoms with Crippen LogP contribution in [0.2, 0.25) is 0 Å². The molecule has 0 aromatic heterocycles. The molecule has 0 radical (unpaired) electrons. The van der Waals surface area contributed by atoms with E-state index in [1.807, 2.05) is 0 Å². The number of morpholine rings is 1. The Labute approximate surface area is 128 Å². The Morgan fingerprint density at radius 1 is 1.19 bits per heavy atom. The van der Waals surface area contributed by atoms with E-state index < -0.39 is 10.0 Å². The fourth-order valence-corrected chi connectivity index (χ4v) is 4.34. The summed E-state index contributed by atoms with van der Waals surface area (Å²) in [7, 11) is -3.62. The van der Waals surface area contributed by atoms with Gasteiger partial charge in [0.25, 0.3) is 0 Å². The van der Waals surface area contributed by atoms with Gasteiger partial charge in [0, 0.05) is 18.5 Å². The van der Waals surface area contributed by atoms with Crippen LogP contribution < -0.4 is 9.47 Å². The highest BCUT2D eigenvalue weighted by Crippen LogP contribution is 2.33. The molecule has 0 N–H and O–H groups in total. The summed E-state index contributed by atoms with van der Waals surface area (Å²) in [6, 6.07) is 4.31. The van der Waals surface area contributed by atoms with Crippen LogP contribution in [0.1, 0.15) is 0 Å². The summed E-state index contributed by atoms with van der Waals surface area (Å²) < 4.78 is 43.0. The molecule has 8 heteroatoms. The van der Waals surface area contributed by atoms with Crippen LogP contribution in [0, 0.1) is 0 Å². The molecule has 0 spiro atoms. The predicted molar refractivity (Wildman–Crippen MR) is 76.7 cm³/mol. The van der Waals surface area contributed by atoms with Gasteiger partial charge in [0.1, 0.15) is 13.2 Å². The van der Waals surface area contributed by atoms with E-state index in [0.29, 0.717) is 44.5 Å². The fraction of sp³-hybridized carbons (Fsp3) is 0.538. The quantitative estimate of drug-likeness (QED) is 0.775. The SMILES string of the molecule is O=S(=O)(c1ccc2c(c1)OCCO2)N1CCOCC1CCl. The zero-order valence-electron chi connectivity index (χ0n) is 11.3. The van der Waals surface area contributed by atoms with E-state index in [2.05, 4.69) is 0 Å². The number of benzene rings is 1. The van der Waals surface area contributed by atoms with E-state index in [1.165, 1.54) is 16.4 Å². The van der Waals surface area contributed by atoms with Crippen molar-refractivity contribution in [1.29, 1.82) is 0 Å². The van der Waals surface area contributed by atoms with Gasteiger partial charge in [-0.05, 0) is 12.1 Å². The molecule has 0 aliphatic carbocycles. The van der Waals surface area contributed by atoms with Crippen molar-refractivity contribution >= 4 is 21.6 Å². The molecule has 0 saturated carbocycles. The molecule has 3 rings (SSSR count). The number of nitrogens with zero attached hydrogens (tertiary/aromatic N) is 1. The molecule has 2 aliphatic rings. The van der Waals surface area contributed by atoms with Crippen molar-refractivity contribution in [3.8, 4) is 11.5 Å². The van der Waals surface area contributed by atoms with Crippen LogP contribution in [0.3, 0.4) is 0 Å². The Bertz CT molecular complexity index is 621. The van der Waals surface area contributed by atoms with Crippen molar-refractivity contribution in [3.05, 3.63) is 18.2 Å². The van der Waals surface area contributed by atoms with Gasteiger partial charge < -0.3 is 14.2 Å². The van der Waals surface area contributed by atoms with E-state index in [9.17, 15) is 8.42 Å². The minimum atomic E-state index is -3.62. The first-order chi connectivity index (χ1) is 10.1. The molecule has 1 aromatic rings. The highest BCUT2D eigenvalue weighted by atomic mass is 35.5. The highest BCUT2D eigenvalue weighted by Gasteiger charge is 2.34. The summed E-state index contributed by atoms with van der Waals surface area (Å²) in [5.74, 6) is 1.22. The van der Waals surface area contributed by atoms with E-state index in [-0.39, 0.29) is 16.8 Å². The lowest BCUT2D eigenvalue weighted by Crippen LogP contribution is -2.49. The van der Waals surface area contributed by atoms with E-state index >= 15 is 0 Å². The first kappa shape index (κ1) is 14.9. The zero-order valence-corrected chi connectivity index (χ0v) is 12.9. The summed E-state index contributed by atoms with van der Waals surface area (Å²) in [5.41, 5.74) is 0. The second kappa shape index (κ2) is 6.00. The van der Waals surface area contributed by atoms with Crippen molar-refractivity contribution in [2.45, 2.75) is 10.9 Å². The maximum Gasteiger partial charge on any atom is 0.243 e. The fourth-order valence-electron chi connectivity index (χ4n) is 2.40. The zero-order chi connectivity index (χ0) is 14.9. The van der Waals surface area contributed by atoms with Crippen molar-refractivity contribution in [2.24, 2.45) is 0 Å². The third-order valence-electron chi connectivity index (χ3n) is 3.47. The monoisotopic (exact) mass is 333 g/mol. The summed E-state index contributed by atoms with van der Waals surface area (Å²) >= 11 is 5.85. The minimum Gasteiger partial charge on any atom is -0.486 e. The number of halogens is 1. The van der Waals surface area contributed by atoms with Gasteiger partial charge in [0.15, 0.2) is 11.5 Å². The normalized spacial score (nSPS) is 23.0. The average molecular weight is 334 g/mol. The van der Waals surface area contributed by atoms with Crippen molar-refractivity contribution in [3.63, 3.8) is 0 Å². The Morgan fingerprint density at radius 3 is 2.71 bits per heavy atom. The Morgan fingerprint density at radius 2 is 1.95 bits per heavy atom.